The Labute approximate surface area is 72.0 Å². The lowest BCUT2D eigenvalue weighted by Crippen LogP contribution is -1.92. The maximum absolute atomic E-state index is 10.3. The molecule has 0 aromatic carbocycles. The van der Waals surface area contributed by atoms with Crippen LogP contribution < -0.4 is 0 Å². The van der Waals surface area contributed by atoms with E-state index in [-0.39, 0.29) is 5.82 Å². The lowest BCUT2D eigenvalue weighted by molar-refractivity contribution is -0.392. The second kappa shape index (κ2) is 3.59. The fraction of sp³-hybridized carbons (Fsp3) is 0. The average Bonchev–Trinajstić information content (AvgIpc) is 2.04. The summed E-state index contributed by atoms with van der Waals surface area (Å²) in [5, 5.41) is 10.3. The lowest BCUT2D eigenvalue weighted by Gasteiger charge is -1.94. The van der Waals surface area contributed by atoms with Crippen LogP contribution in [0.3, 0.4) is 0 Å². The van der Waals surface area contributed by atoms with Crippen LogP contribution in [-0.2, 0) is 0 Å². The molecular formula is C5H4N2O2S2. The van der Waals surface area contributed by atoms with E-state index in [9.17, 15) is 10.1 Å². The standard InChI is InChI=1S/C5H4N2O2S2/c8-7(9)5-4(11-10)2-1-3-6-5/h1-3,10H. The molecule has 58 valence electrons. The first-order valence-electron chi connectivity index (χ1n) is 2.66. The van der Waals surface area contributed by atoms with Crippen molar-refractivity contribution in [3.05, 3.63) is 28.4 Å². The third-order valence-corrected chi connectivity index (χ3v) is 2.13. The van der Waals surface area contributed by atoms with Gasteiger partial charge in [-0.3, -0.25) is 0 Å². The molecule has 0 fully saturated rings. The van der Waals surface area contributed by atoms with Crippen molar-refractivity contribution in [2.75, 3.05) is 0 Å². The SMILES string of the molecule is O=[N+]([O-])c1ncccc1SS. The summed E-state index contributed by atoms with van der Waals surface area (Å²) in [6.45, 7) is 0. The highest BCUT2D eigenvalue weighted by Crippen LogP contribution is 2.28. The Morgan fingerprint density at radius 3 is 2.91 bits per heavy atom. The quantitative estimate of drug-likeness (QED) is 0.333. The molecule has 0 aliphatic carbocycles. The van der Waals surface area contributed by atoms with Crippen LogP contribution in [0.2, 0.25) is 0 Å². The Morgan fingerprint density at radius 2 is 2.45 bits per heavy atom. The van der Waals surface area contributed by atoms with Crippen LogP contribution in [0.15, 0.2) is 23.2 Å². The van der Waals surface area contributed by atoms with Gasteiger partial charge in [0.2, 0.25) is 0 Å². The van der Waals surface area contributed by atoms with Crippen molar-refractivity contribution in [1.82, 2.24) is 4.98 Å². The smallest absolute Gasteiger partial charge is 0.358 e. The highest BCUT2D eigenvalue weighted by Gasteiger charge is 2.12. The molecule has 11 heavy (non-hydrogen) atoms. The molecule has 0 atom stereocenters. The van der Waals surface area contributed by atoms with Crippen molar-refractivity contribution < 1.29 is 4.92 Å². The van der Waals surface area contributed by atoms with Crippen molar-refractivity contribution in [3.8, 4) is 0 Å². The number of hydrogen-bond acceptors (Lipinski definition) is 5. The zero-order valence-electron chi connectivity index (χ0n) is 5.30. The van der Waals surface area contributed by atoms with E-state index in [0.717, 1.165) is 10.8 Å². The first kappa shape index (κ1) is 8.35. The third kappa shape index (κ3) is 1.84. The molecule has 0 bridgehead atoms. The fourth-order valence-corrected chi connectivity index (χ4v) is 1.37. The number of thiol groups is 1. The van der Waals surface area contributed by atoms with Crippen LogP contribution in [-0.4, -0.2) is 9.91 Å². The maximum Gasteiger partial charge on any atom is 0.378 e. The van der Waals surface area contributed by atoms with Crippen molar-refractivity contribution >= 4 is 28.3 Å². The number of rotatable bonds is 2. The Balaban J connectivity index is 3.12. The summed E-state index contributed by atoms with van der Waals surface area (Å²) in [6.07, 6.45) is 1.38. The largest absolute Gasteiger partial charge is 0.378 e. The number of nitro groups is 1. The summed E-state index contributed by atoms with van der Waals surface area (Å²) in [4.78, 5) is 13.8. The molecule has 4 nitrogen and oxygen atoms in total. The van der Waals surface area contributed by atoms with Gasteiger partial charge in [-0.2, -0.15) is 0 Å². The highest BCUT2D eigenvalue weighted by atomic mass is 33.1. The summed E-state index contributed by atoms with van der Waals surface area (Å²) in [6, 6.07) is 3.23. The van der Waals surface area contributed by atoms with E-state index in [2.05, 4.69) is 16.6 Å². The Morgan fingerprint density at radius 1 is 1.73 bits per heavy atom. The number of pyridine rings is 1. The molecule has 0 amide bonds. The minimum Gasteiger partial charge on any atom is -0.358 e. The van der Waals surface area contributed by atoms with Gasteiger partial charge in [-0.1, -0.05) is 10.8 Å². The molecule has 1 rings (SSSR count). The summed E-state index contributed by atoms with van der Waals surface area (Å²) >= 11 is 3.85. The van der Waals surface area contributed by atoms with E-state index < -0.39 is 4.92 Å². The molecule has 0 saturated heterocycles. The predicted octanol–water partition coefficient (Wildman–Crippen LogP) is 1.93. The molecule has 6 heteroatoms. The summed E-state index contributed by atoms with van der Waals surface area (Å²) in [7, 11) is 1.01. The van der Waals surface area contributed by atoms with E-state index >= 15 is 0 Å². The van der Waals surface area contributed by atoms with Gasteiger partial charge in [0.15, 0.2) is 0 Å². The summed E-state index contributed by atoms with van der Waals surface area (Å²) in [5.41, 5.74) is 0. The van der Waals surface area contributed by atoms with E-state index in [0.29, 0.717) is 4.90 Å². The number of hydrogen-bond donors (Lipinski definition) is 1. The third-order valence-electron chi connectivity index (χ3n) is 1.02. The van der Waals surface area contributed by atoms with Gasteiger partial charge >= 0.3 is 5.82 Å². The van der Waals surface area contributed by atoms with Crippen LogP contribution in [0.1, 0.15) is 0 Å². The van der Waals surface area contributed by atoms with Crippen LogP contribution in [0, 0.1) is 10.1 Å². The van der Waals surface area contributed by atoms with E-state index in [1.165, 1.54) is 6.20 Å². The van der Waals surface area contributed by atoms with Crippen LogP contribution in [0.5, 0.6) is 0 Å². The number of nitrogens with zero attached hydrogens (tertiary/aromatic N) is 2. The molecule has 0 aliphatic rings. The molecule has 1 heterocycles. The molecule has 0 N–H and O–H groups in total. The lowest BCUT2D eigenvalue weighted by atomic mass is 10.5. The Hall–Kier alpha value is -0.750. The maximum atomic E-state index is 10.3. The fourth-order valence-electron chi connectivity index (χ4n) is 0.591. The van der Waals surface area contributed by atoms with Crippen LogP contribution in [0.25, 0.3) is 0 Å². The van der Waals surface area contributed by atoms with Gasteiger partial charge in [-0.25, -0.2) is 0 Å². The van der Waals surface area contributed by atoms with Gasteiger partial charge in [0.1, 0.15) is 11.1 Å². The van der Waals surface area contributed by atoms with E-state index in [1.807, 2.05) is 0 Å². The molecule has 0 aliphatic heterocycles. The van der Waals surface area contributed by atoms with Gasteiger partial charge in [-0.05, 0) is 22.0 Å². The molecule has 0 saturated carbocycles. The normalized spacial score (nSPS) is 9.55. The van der Waals surface area contributed by atoms with Gasteiger partial charge in [-0.15, -0.1) is 11.7 Å². The van der Waals surface area contributed by atoms with Crippen molar-refractivity contribution in [3.63, 3.8) is 0 Å². The molecular weight excluding hydrogens is 184 g/mol. The zero-order valence-corrected chi connectivity index (χ0v) is 7.01. The zero-order chi connectivity index (χ0) is 8.27. The predicted molar refractivity (Wildman–Crippen MR) is 45.7 cm³/mol. The van der Waals surface area contributed by atoms with Gasteiger partial charge in [0.25, 0.3) is 0 Å². The minimum absolute atomic E-state index is 0.146. The summed E-state index contributed by atoms with van der Waals surface area (Å²) < 4.78 is 0. The van der Waals surface area contributed by atoms with Crippen LogP contribution >= 0.6 is 22.5 Å². The van der Waals surface area contributed by atoms with Gasteiger partial charge in [0, 0.05) is 0 Å². The average molecular weight is 188 g/mol. The van der Waals surface area contributed by atoms with Gasteiger partial charge in [0.05, 0.1) is 0 Å². The van der Waals surface area contributed by atoms with Crippen molar-refractivity contribution in [1.29, 1.82) is 0 Å². The monoisotopic (exact) mass is 188 g/mol. The molecule has 0 spiro atoms. The second-order valence-electron chi connectivity index (χ2n) is 1.67. The first-order chi connectivity index (χ1) is 5.25. The topological polar surface area (TPSA) is 56.0 Å². The van der Waals surface area contributed by atoms with Crippen molar-refractivity contribution in [2.45, 2.75) is 4.90 Å². The Bertz CT molecular complexity index is 279. The second-order valence-corrected chi connectivity index (χ2v) is 2.84. The first-order valence-corrected chi connectivity index (χ1v) is 4.53. The minimum atomic E-state index is -0.529. The van der Waals surface area contributed by atoms with E-state index in [4.69, 9.17) is 0 Å². The molecule has 0 unspecified atom stereocenters. The summed E-state index contributed by atoms with van der Waals surface area (Å²) in [5.74, 6) is -0.146. The van der Waals surface area contributed by atoms with Gasteiger partial charge < -0.3 is 10.1 Å². The molecule has 1 aromatic heterocycles. The van der Waals surface area contributed by atoms with E-state index in [1.54, 1.807) is 12.1 Å². The highest BCUT2D eigenvalue weighted by molar-refractivity contribution is 8.68. The van der Waals surface area contributed by atoms with Crippen molar-refractivity contribution in [2.24, 2.45) is 0 Å². The Kier molecular flexibility index (Phi) is 2.72. The number of aromatic nitrogens is 1. The van der Waals surface area contributed by atoms with Crippen LogP contribution in [0.4, 0.5) is 5.82 Å². The molecule has 0 radical (unpaired) electrons. The molecule has 1 aromatic rings.